The summed E-state index contributed by atoms with van der Waals surface area (Å²) in [6.07, 6.45) is 11.9. The molecular weight excluding hydrogens is 588 g/mol. The molecule has 1 aromatic heterocycles. The number of nitrogen functional groups attached to an aromatic ring is 1. The zero-order valence-corrected chi connectivity index (χ0v) is 26.5. The number of carbonyl (C=O) groups excluding carboxylic acids is 2. The predicted molar refractivity (Wildman–Crippen MR) is 178 cm³/mol. The summed E-state index contributed by atoms with van der Waals surface area (Å²) in [5.74, 6) is 3.41. The highest BCUT2D eigenvalue weighted by Crippen LogP contribution is 2.33. The minimum Gasteiger partial charge on any atom is -0.397 e. The van der Waals surface area contributed by atoms with E-state index in [1.54, 1.807) is 12.1 Å². The van der Waals surface area contributed by atoms with E-state index in [0.717, 1.165) is 61.5 Å². The third kappa shape index (κ3) is 6.78. The van der Waals surface area contributed by atoms with Crippen LogP contribution in [0.25, 0.3) is 11.0 Å². The zero-order valence-electron chi connectivity index (χ0n) is 25.8. The minimum absolute atomic E-state index is 0.00970. The molecule has 3 saturated heterocycles. The molecule has 6 rings (SSSR count). The molecule has 0 saturated carbocycles. The maximum Gasteiger partial charge on any atom is 0.326 e. The number of nitrogens with one attached hydrogen (secondary N) is 2. The quantitative estimate of drug-likeness (QED) is 0.267. The van der Waals surface area contributed by atoms with Crippen molar-refractivity contribution in [3.63, 3.8) is 0 Å². The summed E-state index contributed by atoms with van der Waals surface area (Å²) in [6.45, 7) is 4.67. The lowest BCUT2D eigenvalue weighted by molar-refractivity contribution is -0.143. The van der Waals surface area contributed by atoms with E-state index in [0.29, 0.717) is 54.5 Å². The number of rotatable bonds is 7. The van der Waals surface area contributed by atoms with Gasteiger partial charge in [0.1, 0.15) is 0 Å². The van der Waals surface area contributed by atoms with Gasteiger partial charge in [0.2, 0.25) is 11.8 Å². The largest absolute Gasteiger partial charge is 0.397 e. The lowest BCUT2D eigenvalue weighted by Gasteiger charge is -2.39. The van der Waals surface area contributed by atoms with Gasteiger partial charge < -0.3 is 25.8 Å². The summed E-state index contributed by atoms with van der Waals surface area (Å²) in [5, 5.41) is 3.81. The van der Waals surface area contributed by atoms with E-state index in [9.17, 15) is 14.4 Å². The number of benzene rings is 2. The van der Waals surface area contributed by atoms with E-state index in [4.69, 9.17) is 23.8 Å². The summed E-state index contributed by atoms with van der Waals surface area (Å²) < 4.78 is 1.82. The number of likely N-dealkylation sites (tertiary alicyclic amines) is 2. The first-order valence-electron chi connectivity index (χ1n) is 16.3. The Morgan fingerprint density at radius 3 is 2.36 bits per heavy atom. The number of hydrogen-bond donors (Lipinski definition) is 3. The summed E-state index contributed by atoms with van der Waals surface area (Å²) in [5.41, 5.74) is 9.29. The number of aromatic amines is 1. The van der Waals surface area contributed by atoms with Crippen molar-refractivity contribution in [2.24, 2.45) is 17.8 Å². The number of H-pyrrole nitrogens is 1. The van der Waals surface area contributed by atoms with Crippen molar-refractivity contribution in [3.8, 4) is 12.3 Å². The van der Waals surface area contributed by atoms with Crippen LogP contribution in [0.2, 0.25) is 5.02 Å². The van der Waals surface area contributed by atoms with Gasteiger partial charge in [0, 0.05) is 44.2 Å². The van der Waals surface area contributed by atoms with Crippen molar-refractivity contribution in [1.82, 2.24) is 24.7 Å². The van der Waals surface area contributed by atoms with Gasteiger partial charge in [-0.2, -0.15) is 0 Å². The molecule has 4 heterocycles. The molecule has 3 aromatic rings. The van der Waals surface area contributed by atoms with Crippen LogP contribution in [0.5, 0.6) is 0 Å². The number of aromatic nitrogens is 2. The van der Waals surface area contributed by atoms with Gasteiger partial charge in [0.05, 0.1) is 27.7 Å². The topological polar surface area (TPSA) is 116 Å². The highest BCUT2D eigenvalue weighted by Gasteiger charge is 2.35. The summed E-state index contributed by atoms with van der Waals surface area (Å²) in [4.78, 5) is 47.3. The molecule has 2 amide bonds. The molecule has 4 N–H and O–H groups in total. The van der Waals surface area contributed by atoms with Gasteiger partial charge in [-0.15, -0.1) is 6.42 Å². The van der Waals surface area contributed by atoms with Crippen molar-refractivity contribution in [2.75, 3.05) is 45.0 Å². The van der Waals surface area contributed by atoms with Gasteiger partial charge in [0.25, 0.3) is 0 Å². The second kappa shape index (κ2) is 13.7. The van der Waals surface area contributed by atoms with Crippen LogP contribution in [0.4, 0.5) is 5.69 Å². The number of hydrogen-bond acceptors (Lipinski definition) is 5. The van der Waals surface area contributed by atoms with Crippen molar-refractivity contribution in [3.05, 3.63) is 63.0 Å². The average Bonchev–Trinajstić information content (AvgIpc) is 3.41. The summed E-state index contributed by atoms with van der Waals surface area (Å²) in [6, 6.07) is 11.3. The first-order valence-corrected chi connectivity index (χ1v) is 16.7. The maximum absolute atomic E-state index is 14.1. The highest BCUT2D eigenvalue weighted by molar-refractivity contribution is 6.33. The molecule has 0 bridgehead atoms. The van der Waals surface area contributed by atoms with E-state index < -0.39 is 5.92 Å². The summed E-state index contributed by atoms with van der Waals surface area (Å²) in [7, 11) is 0. The molecule has 0 unspecified atom stereocenters. The maximum atomic E-state index is 14.1. The van der Waals surface area contributed by atoms with Gasteiger partial charge in [-0.1, -0.05) is 29.7 Å². The zero-order chi connectivity index (χ0) is 31.5. The van der Waals surface area contributed by atoms with Crippen LogP contribution >= 0.6 is 11.6 Å². The van der Waals surface area contributed by atoms with Crippen LogP contribution in [0.15, 0.2) is 41.2 Å². The third-order valence-corrected chi connectivity index (χ3v) is 10.6. The SMILES string of the molecule is C#Cc1cc(C[C@@H](CC(=O)N2CCC(n3c(=O)[nH]c4ccccc43)CC2)C(=O)N2CCC(C3CCNCC3)CC2)cc(Cl)c1N. The van der Waals surface area contributed by atoms with Crippen LogP contribution in [0.1, 0.15) is 62.1 Å². The smallest absolute Gasteiger partial charge is 0.326 e. The first kappa shape index (κ1) is 31.3. The number of terminal acetylenes is 1. The normalized spacial score (nSPS) is 19.5. The lowest BCUT2D eigenvalue weighted by Crippen LogP contribution is -2.46. The van der Waals surface area contributed by atoms with Crippen molar-refractivity contribution >= 4 is 40.1 Å². The standard InChI is InChI=1S/C35H43ClN6O3/c1-2-24-19-23(21-29(36)33(24)37)20-27(34(44)41-15-9-26(10-16-41)25-7-13-38-14-8-25)22-32(43)40-17-11-28(12-18-40)42-31-6-4-3-5-30(31)39-35(42)45/h1,3-6,19,21,25-28,38H,7-18,20,22,37H2,(H,39,45)/t27-/m0/s1. The Morgan fingerprint density at radius 1 is 0.978 bits per heavy atom. The Balaban J connectivity index is 1.14. The predicted octanol–water partition coefficient (Wildman–Crippen LogP) is 4.20. The second-order valence-electron chi connectivity index (χ2n) is 13.0. The summed E-state index contributed by atoms with van der Waals surface area (Å²) >= 11 is 6.41. The minimum atomic E-state index is -0.535. The van der Waals surface area contributed by atoms with Crippen molar-refractivity contribution < 1.29 is 9.59 Å². The van der Waals surface area contributed by atoms with E-state index in [1.807, 2.05) is 38.6 Å². The Morgan fingerprint density at radius 2 is 1.64 bits per heavy atom. The number of para-hydroxylation sites is 2. The first-order chi connectivity index (χ1) is 21.8. The van der Waals surface area contributed by atoms with Gasteiger partial charge in [-0.25, -0.2) is 4.79 Å². The molecule has 3 aliphatic rings. The van der Waals surface area contributed by atoms with Crippen LogP contribution in [0, 0.1) is 30.1 Å². The molecule has 1 atom stereocenters. The average molecular weight is 631 g/mol. The molecule has 238 valence electrons. The lowest BCUT2D eigenvalue weighted by atomic mass is 9.79. The molecule has 2 aromatic carbocycles. The number of imidazole rings is 1. The Bertz CT molecular complexity index is 1630. The highest BCUT2D eigenvalue weighted by atomic mass is 35.5. The number of anilines is 1. The second-order valence-corrected chi connectivity index (χ2v) is 13.4. The van der Waals surface area contributed by atoms with Gasteiger partial charge in [-0.05, 0) is 99.7 Å². The number of nitrogens with two attached hydrogens (primary N) is 1. The molecule has 45 heavy (non-hydrogen) atoms. The molecule has 3 fully saturated rings. The van der Waals surface area contributed by atoms with E-state index >= 15 is 0 Å². The number of halogens is 1. The Labute approximate surface area is 269 Å². The van der Waals surface area contributed by atoms with Crippen LogP contribution in [-0.2, 0) is 16.0 Å². The molecule has 0 radical (unpaired) electrons. The fourth-order valence-corrected chi connectivity index (χ4v) is 8.00. The molecular formula is C35H43ClN6O3. The molecule has 0 aliphatic carbocycles. The molecule has 0 spiro atoms. The van der Waals surface area contributed by atoms with E-state index in [1.165, 1.54) is 12.8 Å². The molecule has 9 nitrogen and oxygen atoms in total. The Kier molecular flexibility index (Phi) is 9.53. The van der Waals surface area contributed by atoms with Crippen molar-refractivity contribution in [1.29, 1.82) is 0 Å². The van der Waals surface area contributed by atoms with E-state index in [-0.39, 0.29) is 30.0 Å². The third-order valence-electron chi connectivity index (χ3n) is 10.3. The number of piperidine rings is 3. The van der Waals surface area contributed by atoms with Crippen LogP contribution in [0.3, 0.4) is 0 Å². The van der Waals surface area contributed by atoms with E-state index in [2.05, 4.69) is 16.2 Å². The molecule has 3 aliphatic heterocycles. The van der Waals surface area contributed by atoms with Crippen molar-refractivity contribution in [2.45, 2.75) is 57.4 Å². The van der Waals surface area contributed by atoms with Crippen LogP contribution < -0.4 is 16.7 Å². The fourth-order valence-electron chi connectivity index (χ4n) is 7.76. The fraction of sp³-hybridized carbons (Fsp3) is 0.514. The number of fused-ring (bicyclic) bond motifs is 1. The van der Waals surface area contributed by atoms with Gasteiger partial charge >= 0.3 is 5.69 Å². The Hall–Kier alpha value is -3.74. The number of amides is 2. The number of nitrogens with zero attached hydrogens (tertiary/aromatic N) is 3. The van der Waals surface area contributed by atoms with Crippen LogP contribution in [-0.4, -0.2) is 70.4 Å². The molecule has 10 heteroatoms. The van der Waals surface area contributed by atoms with Gasteiger partial charge in [-0.3, -0.25) is 14.2 Å². The van der Waals surface area contributed by atoms with Gasteiger partial charge in [0.15, 0.2) is 0 Å². The monoisotopic (exact) mass is 630 g/mol. The number of carbonyl (C=O) groups is 2.